The first-order valence-electron chi connectivity index (χ1n) is 17.0. The number of phenolic OH excluding ortho intramolecular Hbond substituents is 1. The van der Waals surface area contributed by atoms with Crippen molar-refractivity contribution in [1.82, 2.24) is 25.0 Å². The summed E-state index contributed by atoms with van der Waals surface area (Å²) in [6.07, 6.45) is 0.567. The molecule has 0 spiro atoms. The second-order valence-electron chi connectivity index (χ2n) is 13.5. The number of rotatable bonds is 12. The number of aromatic hydroxyl groups is 1. The zero-order valence-corrected chi connectivity index (χ0v) is 31.9. The van der Waals surface area contributed by atoms with E-state index in [9.17, 15) is 24.3 Å². The fourth-order valence-electron chi connectivity index (χ4n) is 5.59. The van der Waals surface area contributed by atoms with Crippen LogP contribution < -0.4 is 32.0 Å². The number of nitrogens with zero attached hydrogens (tertiary/aromatic N) is 3. The van der Waals surface area contributed by atoms with E-state index in [1.165, 1.54) is 10.6 Å². The molecule has 282 valence electrons. The number of ether oxygens (including phenoxy) is 1. The van der Waals surface area contributed by atoms with E-state index in [2.05, 4.69) is 21.0 Å². The number of anilines is 1. The van der Waals surface area contributed by atoms with Gasteiger partial charge in [0.25, 0.3) is 11.5 Å². The highest BCUT2D eigenvalue weighted by Crippen LogP contribution is 2.31. The molecule has 5 aromatic rings. The van der Waals surface area contributed by atoms with Crippen molar-refractivity contribution in [2.45, 2.75) is 59.6 Å². The molecule has 0 unspecified atom stereocenters. The lowest BCUT2D eigenvalue weighted by Crippen LogP contribution is -2.33. The number of hydrogen-bond acceptors (Lipinski definition) is 7. The number of aromatic nitrogens is 3. The highest BCUT2D eigenvalue weighted by molar-refractivity contribution is 6.32. The summed E-state index contributed by atoms with van der Waals surface area (Å²) in [5, 5.41) is 22.8. The SMILES string of the molecule is CCc1ccc(C(=O)NCC(N)=O)cc1-n1c(C)cc(OCc2ccccc2CNC(=O)Nc2cc(C(C)(C)C)nn2-c2ccc(O)c(Cl)c2)c(Cl)c1=O. The van der Waals surface area contributed by atoms with Crippen molar-refractivity contribution >= 4 is 46.9 Å². The first-order chi connectivity index (χ1) is 25.6. The number of nitrogens with two attached hydrogens (primary N) is 1. The van der Waals surface area contributed by atoms with Crippen LogP contribution in [0.25, 0.3) is 11.4 Å². The monoisotopic (exact) mass is 773 g/mol. The van der Waals surface area contributed by atoms with Crippen molar-refractivity contribution in [3.8, 4) is 22.9 Å². The Labute approximate surface area is 322 Å². The van der Waals surface area contributed by atoms with Gasteiger partial charge in [-0.25, -0.2) is 9.48 Å². The zero-order chi connectivity index (χ0) is 39.3. The molecular formula is C39H41Cl2N7O6. The topological polar surface area (TPSA) is 183 Å². The quantitative estimate of drug-likeness (QED) is 0.0983. The van der Waals surface area contributed by atoms with Gasteiger partial charge in [-0.05, 0) is 60.4 Å². The molecule has 0 aliphatic rings. The lowest BCUT2D eigenvalue weighted by atomic mass is 9.92. The van der Waals surface area contributed by atoms with Crippen LogP contribution in [0, 0.1) is 6.92 Å². The molecule has 0 saturated heterocycles. The Kier molecular flexibility index (Phi) is 12.0. The van der Waals surface area contributed by atoms with Gasteiger partial charge in [-0.15, -0.1) is 0 Å². The number of nitrogens with one attached hydrogen (secondary N) is 3. The van der Waals surface area contributed by atoms with Crippen molar-refractivity contribution in [3.63, 3.8) is 0 Å². The first kappa shape index (κ1) is 39.4. The van der Waals surface area contributed by atoms with Gasteiger partial charge in [-0.3, -0.25) is 24.3 Å². The maximum atomic E-state index is 13.7. The van der Waals surface area contributed by atoms with Crippen LogP contribution in [0.1, 0.15) is 66.1 Å². The molecule has 6 N–H and O–H groups in total. The number of benzene rings is 3. The van der Waals surface area contributed by atoms with Crippen molar-refractivity contribution < 1.29 is 24.2 Å². The minimum Gasteiger partial charge on any atom is -0.506 e. The van der Waals surface area contributed by atoms with Crippen LogP contribution in [-0.2, 0) is 29.8 Å². The number of amides is 4. The molecule has 15 heteroatoms. The number of pyridine rings is 1. The maximum absolute atomic E-state index is 13.7. The van der Waals surface area contributed by atoms with Gasteiger partial charge >= 0.3 is 6.03 Å². The lowest BCUT2D eigenvalue weighted by molar-refractivity contribution is -0.117. The molecule has 2 heterocycles. The number of aryl methyl sites for hydroxylation is 2. The second kappa shape index (κ2) is 16.5. The molecule has 0 aliphatic heterocycles. The average Bonchev–Trinajstić information content (AvgIpc) is 3.56. The standard InChI is InChI=1S/C39H41Cl2N7O6/c1-6-23-11-12-24(36(51)43-20-33(42)50)16-29(23)47-22(2)15-31(35(41)37(47)52)54-21-26-10-8-7-9-25(26)19-44-38(53)45-34-18-32(39(3,4)5)46-48(34)27-13-14-30(49)28(40)17-27/h7-18,49H,6,19-21H2,1-5H3,(H2,42,50)(H,43,51)(H2,44,45,53). The predicted octanol–water partition coefficient (Wildman–Crippen LogP) is 6.32. The number of phenols is 1. The third-order valence-electron chi connectivity index (χ3n) is 8.53. The van der Waals surface area contributed by atoms with Crippen LogP contribution in [0.4, 0.5) is 10.6 Å². The highest BCUT2D eigenvalue weighted by Gasteiger charge is 2.23. The molecule has 0 aliphatic carbocycles. The fraction of sp³-hybridized carbons (Fsp3) is 0.256. The minimum atomic E-state index is -0.680. The Morgan fingerprint density at radius 1 is 0.944 bits per heavy atom. The van der Waals surface area contributed by atoms with Crippen LogP contribution in [0.2, 0.25) is 10.0 Å². The van der Waals surface area contributed by atoms with Crippen molar-refractivity contribution in [1.29, 1.82) is 0 Å². The Bertz CT molecular complexity index is 2290. The maximum Gasteiger partial charge on any atom is 0.320 e. The molecule has 0 fully saturated rings. The van der Waals surface area contributed by atoms with Gasteiger partial charge in [0.2, 0.25) is 5.91 Å². The Balaban J connectivity index is 1.32. The van der Waals surface area contributed by atoms with Crippen molar-refractivity contribution in [2.75, 3.05) is 11.9 Å². The van der Waals surface area contributed by atoms with Gasteiger partial charge in [0.1, 0.15) is 28.9 Å². The summed E-state index contributed by atoms with van der Waals surface area (Å²) in [6.45, 7) is 9.54. The van der Waals surface area contributed by atoms with E-state index in [1.807, 2.05) is 52.0 Å². The molecular weight excluding hydrogens is 733 g/mol. The number of carbonyl (C=O) groups is 3. The molecule has 5 rings (SSSR count). The van der Waals surface area contributed by atoms with Gasteiger partial charge < -0.3 is 26.2 Å². The Morgan fingerprint density at radius 2 is 1.67 bits per heavy atom. The highest BCUT2D eigenvalue weighted by atomic mass is 35.5. The summed E-state index contributed by atoms with van der Waals surface area (Å²) >= 11 is 12.8. The second-order valence-corrected chi connectivity index (χ2v) is 14.3. The summed E-state index contributed by atoms with van der Waals surface area (Å²) in [7, 11) is 0. The number of halogens is 2. The fourth-order valence-corrected chi connectivity index (χ4v) is 5.96. The minimum absolute atomic E-state index is 0.0428. The van der Waals surface area contributed by atoms with Crippen LogP contribution in [-0.4, -0.2) is 43.8 Å². The van der Waals surface area contributed by atoms with Gasteiger partial charge in [0, 0.05) is 35.3 Å². The first-order valence-corrected chi connectivity index (χ1v) is 17.8. The normalized spacial score (nSPS) is 11.2. The van der Waals surface area contributed by atoms with Crippen LogP contribution in [0.15, 0.2) is 77.6 Å². The lowest BCUT2D eigenvalue weighted by Gasteiger charge is -2.18. The smallest absolute Gasteiger partial charge is 0.320 e. The van der Waals surface area contributed by atoms with Gasteiger partial charge in [0.15, 0.2) is 0 Å². The molecule has 0 bridgehead atoms. The van der Waals surface area contributed by atoms with E-state index in [-0.39, 0.29) is 52.2 Å². The van der Waals surface area contributed by atoms with E-state index in [4.69, 9.17) is 33.7 Å². The zero-order valence-electron chi connectivity index (χ0n) is 30.4. The Morgan fingerprint density at radius 3 is 2.33 bits per heavy atom. The molecule has 0 atom stereocenters. The number of urea groups is 1. The summed E-state index contributed by atoms with van der Waals surface area (Å²) < 4.78 is 9.06. The van der Waals surface area contributed by atoms with E-state index in [0.29, 0.717) is 29.3 Å². The molecule has 13 nitrogen and oxygen atoms in total. The number of hydrogen-bond donors (Lipinski definition) is 5. The largest absolute Gasteiger partial charge is 0.506 e. The van der Waals surface area contributed by atoms with Crippen LogP contribution in [0.3, 0.4) is 0 Å². The van der Waals surface area contributed by atoms with E-state index >= 15 is 0 Å². The molecule has 2 aromatic heterocycles. The van der Waals surface area contributed by atoms with E-state index in [0.717, 1.165) is 22.4 Å². The Hall–Kier alpha value is -5.79. The van der Waals surface area contributed by atoms with Crippen molar-refractivity contribution in [3.05, 3.63) is 127 Å². The third kappa shape index (κ3) is 9.04. The third-order valence-corrected chi connectivity index (χ3v) is 9.18. The molecule has 0 saturated carbocycles. The van der Waals surface area contributed by atoms with Crippen LogP contribution in [0.5, 0.6) is 11.5 Å². The van der Waals surface area contributed by atoms with Gasteiger partial charge in [-0.2, -0.15) is 5.10 Å². The van der Waals surface area contributed by atoms with Gasteiger partial charge in [-0.1, -0.05) is 81.2 Å². The van der Waals surface area contributed by atoms with Gasteiger partial charge in [0.05, 0.1) is 28.6 Å². The van der Waals surface area contributed by atoms with E-state index < -0.39 is 23.4 Å². The van der Waals surface area contributed by atoms with Crippen LogP contribution >= 0.6 is 23.2 Å². The number of carbonyl (C=O) groups excluding carboxylic acids is 3. The molecule has 0 radical (unpaired) electrons. The molecule has 4 amide bonds. The summed E-state index contributed by atoms with van der Waals surface area (Å²) in [6, 6.07) is 19.9. The molecule has 3 aromatic carbocycles. The predicted molar refractivity (Wildman–Crippen MR) is 208 cm³/mol. The average molecular weight is 775 g/mol. The molecule has 54 heavy (non-hydrogen) atoms. The summed E-state index contributed by atoms with van der Waals surface area (Å²) in [5.41, 5.74) is 9.13. The van der Waals surface area contributed by atoms with Crippen molar-refractivity contribution in [2.24, 2.45) is 5.73 Å². The summed E-state index contributed by atoms with van der Waals surface area (Å²) in [4.78, 5) is 50.7. The number of primary amides is 1. The summed E-state index contributed by atoms with van der Waals surface area (Å²) in [5.74, 6) is -0.693. The van der Waals surface area contributed by atoms with E-state index in [1.54, 1.807) is 54.1 Å².